The molecule has 0 aromatic carbocycles. The molecule has 0 radical (unpaired) electrons. The molecule has 36 heavy (non-hydrogen) atoms. The number of ether oxygens (including phenoxy) is 2. The second-order valence-electron chi connectivity index (χ2n) is 8.47. The van der Waals surface area contributed by atoms with Gasteiger partial charge in [0.25, 0.3) is 11.3 Å². The van der Waals surface area contributed by atoms with Crippen LogP contribution in [0.25, 0.3) is 10.2 Å². The van der Waals surface area contributed by atoms with Crippen molar-refractivity contribution in [3.8, 4) is 0 Å². The molecule has 2 atom stereocenters. The number of nitrogens with two attached hydrogens (primary N) is 1. The van der Waals surface area contributed by atoms with Crippen LogP contribution < -0.4 is 17.0 Å². The predicted molar refractivity (Wildman–Crippen MR) is 120 cm³/mol. The van der Waals surface area contributed by atoms with Crippen LogP contribution in [0, 0.1) is 12.8 Å². The summed E-state index contributed by atoms with van der Waals surface area (Å²) in [5.74, 6) is -2.82. The summed E-state index contributed by atoms with van der Waals surface area (Å²) in [6.45, 7) is 1.15. The SMILES string of the molecule is COC(CN(CC(OF)(OF)c1sc2c(c1C)c(=O)n(C1CC1C)c(=O)n2CCOF)C(N)=O)OC. The number of thiophene rings is 1. The summed E-state index contributed by atoms with van der Waals surface area (Å²) in [6, 6.07) is -1.48. The molecular formula is C20H27F3N4O8S. The number of hydrogen-bond acceptors (Lipinski definition) is 9. The van der Waals surface area contributed by atoms with Crippen molar-refractivity contribution in [2.45, 2.75) is 44.9 Å². The van der Waals surface area contributed by atoms with Crippen LogP contribution in [0.15, 0.2) is 9.59 Å². The third-order valence-corrected chi connectivity index (χ3v) is 7.67. The summed E-state index contributed by atoms with van der Waals surface area (Å²) in [4.78, 5) is 50.4. The second-order valence-corrected chi connectivity index (χ2v) is 9.47. The van der Waals surface area contributed by atoms with Gasteiger partial charge in [0.1, 0.15) is 11.4 Å². The first-order valence-electron chi connectivity index (χ1n) is 10.8. The Morgan fingerprint density at radius 1 is 1.25 bits per heavy atom. The Morgan fingerprint density at radius 3 is 2.33 bits per heavy atom. The third kappa shape index (κ3) is 5.01. The van der Waals surface area contributed by atoms with Gasteiger partial charge in [-0.25, -0.2) is 9.59 Å². The van der Waals surface area contributed by atoms with Gasteiger partial charge in [-0.3, -0.25) is 13.9 Å². The molecule has 2 heterocycles. The van der Waals surface area contributed by atoms with E-state index in [1.54, 1.807) is 0 Å². The molecule has 3 rings (SSSR count). The highest BCUT2D eigenvalue weighted by molar-refractivity contribution is 7.19. The third-order valence-electron chi connectivity index (χ3n) is 6.23. The lowest BCUT2D eigenvalue weighted by Gasteiger charge is -2.31. The lowest BCUT2D eigenvalue weighted by molar-refractivity contribution is -0.423. The molecule has 2 N–H and O–H groups in total. The minimum atomic E-state index is -2.88. The van der Waals surface area contributed by atoms with Crippen LogP contribution in [0.5, 0.6) is 0 Å². The first kappa shape index (κ1) is 28.1. The number of fused-ring (bicyclic) bond motifs is 1. The smallest absolute Gasteiger partial charge is 0.332 e. The fourth-order valence-electron chi connectivity index (χ4n) is 4.12. The minimum Gasteiger partial charge on any atom is -0.354 e. The largest absolute Gasteiger partial charge is 0.354 e. The summed E-state index contributed by atoms with van der Waals surface area (Å²) >= 11 is 0.611. The molecular weight excluding hydrogens is 513 g/mol. The maximum Gasteiger partial charge on any atom is 0.332 e. The van der Waals surface area contributed by atoms with Crippen LogP contribution in [0.1, 0.15) is 29.8 Å². The van der Waals surface area contributed by atoms with Gasteiger partial charge in [-0.2, -0.15) is 4.94 Å². The highest BCUT2D eigenvalue weighted by Gasteiger charge is 2.46. The molecule has 2 unspecified atom stereocenters. The maximum atomic E-state index is 14.1. The van der Waals surface area contributed by atoms with Gasteiger partial charge in [-0.1, -0.05) is 6.92 Å². The summed E-state index contributed by atoms with van der Waals surface area (Å²) in [7, 11) is 2.56. The lowest BCUT2D eigenvalue weighted by atomic mass is 10.1. The van der Waals surface area contributed by atoms with E-state index in [0.717, 1.165) is 14.0 Å². The molecule has 1 aliphatic rings. The number of amides is 2. The van der Waals surface area contributed by atoms with Crippen LogP contribution >= 0.6 is 11.3 Å². The number of carbonyl (C=O) groups excluding carboxylic acids is 1. The molecule has 1 aliphatic carbocycles. The summed E-state index contributed by atoms with van der Waals surface area (Å²) in [6.07, 6.45) is -0.425. The molecule has 0 aliphatic heterocycles. The van der Waals surface area contributed by atoms with Crippen molar-refractivity contribution in [2.24, 2.45) is 11.7 Å². The molecule has 16 heteroatoms. The number of rotatable bonds is 13. The van der Waals surface area contributed by atoms with Crippen molar-refractivity contribution < 1.29 is 42.7 Å². The first-order valence-corrected chi connectivity index (χ1v) is 11.6. The zero-order valence-electron chi connectivity index (χ0n) is 20.0. The standard InChI is InChI=1S/C20H27F3N4O8S/c1-10-7-12(10)27-16(28)14-11(2)15(36-17(14)26(19(27)30)5-6-33-21)20(34-22,35-23)9-25(18(24)29)8-13(31-3)32-4/h10,12-13H,5-9H2,1-4H3,(H2,24,29). The topological polar surface area (TPSA) is 136 Å². The Hall–Kier alpha value is -2.50. The Balaban J connectivity index is 2.22. The molecule has 12 nitrogen and oxygen atoms in total. The second kappa shape index (κ2) is 11.3. The number of nitrogens with zero attached hydrogens (tertiary/aromatic N) is 3. The van der Waals surface area contributed by atoms with Crippen molar-refractivity contribution in [1.29, 1.82) is 0 Å². The van der Waals surface area contributed by atoms with E-state index in [-0.39, 0.29) is 45.7 Å². The summed E-state index contributed by atoms with van der Waals surface area (Å²) in [5, 5.41) is -0.0386. The Kier molecular flexibility index (Phi) is 8.79. The minimum absolute atomic E-state index is 0.00476. The molecule has 1 fully saturated rings. The molecule has 2 amide bonds. The lowest BCUT2D eigenvalue weighted by Crippen LogP contribution is -2.50. The predicted octanol–water partition coefficient (Wildman–Crippen LogP) is 1.97. The van der Waals surface area contributed by atoms with Gasteiger partial charge in [0.05, 0.1) is 29.9 Å². The molecule has 0 saturated heterocycles. The van der Waals surface area contributed by atoms with Crippen LogP contribution in [-0.4, -0.2) is 60.3 Å². The van der Waals surface area contributed by atoms with Gasteiger partial charge in [-0.15, -0.1) is 21.2 Å². The van der Waals surface area contributed by atoms with Crippen LogP contribution in [0.2, 0.25) is 0 Å². The van der Waals surface area contributed by atoms with E-state index < -0.39 is 42.5 Å². The van der Waals surface area contributed by atoms with Gasteiger partial charge < -0.3 is 20.1 Å². The number of hydrogen-bond donors (Lipinski definition) is 1. The molecule has 1 saturated carbocycles. The molecule has 2 aromatic rings. The van der Waals surface area contributed by atoms with Gasteiger partial charge in [-0.05, 0) is 38.4 Å². The first-order chi connectivity index (χ1) is 17.1. The van der Waals surface area contributed by atoms with Gasteiger partial charge in [0.15, 0.2) is 6.29 Å². The molecule has 202 valence electrons. The Labute approximate surface area is 206 Å². The average Bonchev–Trinajstić information content (AvgIpc) is 3.46. The van der Waals surface area contributed by atoms with E-state index in [4.69, 9.17) is 15.2 Å². The average molecular weight is 541 g/mol. The van der Waals surface area contributed by atoms with Crippen LogP contribution in [0.3, 0.4) is 0 Å². The summed E-state index contributed by atoms with van der Waals surface area (Å²) in [5.41, 5.74) is 4.00. The number of primary amides is 1. The highest BCUT2D eigenvalue weighted by atomic mass is 32.1. The number of aryl methyl sites for hydroxylation is 1. The van der Waals surface area contributed by atoms with Crippen molar-refractivity contribution in [3.63, 3.8) is 0 Å². The Morgan fingerprint density at radius 2 is 1.86 bits per heavy atom. The van der Waals surface area contributed by atoms with Crippen LogP contribution in [0.4, 0.5) is 18.4 Å². The monoisotopic (exact) mass is 540 g/mol. The van der Waals surface area contributed by atoms with E-state index >= 15 is 0 Å². The van der Waals surface area contributed by atoms with Crippen LogP contribution in [-0.2, 0) is 36.6 Å². The number of urea groups is 1. The van der Waals surface area contributed by atoms with Gasteiger partial charge in [0, 0.05) is 20.3 Å². The van der Waals surface area contributed by atoms with Gasteiger partial charge >= 0.3 is 11.7 Å². The van der Waals surface area contributed by atoms with Crippen molar-refractivity contribution in [2.75, 3.05) is 33.9 Å². The number of aromatic nitrogens is 2. The molecule has 2 aromatic heterocycles. The van der Waals surface area contributed by atoms with Crippen molar-refractivity contribution in [3.05, 3.63) is 31.3 Å². The van der Waals surface area contributed by atoms with E-state index in [2.05, 4.69) is 14.8 Å². The maximum absolute atomic E-state index is 14.1. The van der Waals surface area contributed by atoms with E-state index in [0.29, 0.717) is 17.8 Å². The van der Waals surface area contributed by atoms with Gasteiger partial charge in [0.2, 0.25) is 0 Å². The van der Waals surface area contributed by atoms with E-state index in [1.807, 2.05) is 6.92 Å². The number of halogens is 3. The quantitative estimate of drug-likeness (QED) is 0.381. The number of methoxy groups -OCH3 is 2. The highest BCUT2D eigenvalue weighted by Crippen LogP contribution is 2.43. The van der Waals surface area contributed by atoms with E-state index in [9.17, 15) is 28.0 Å². The molecule has 0 spiro atoms. The van der Waals surface area contributed by atoms with E-state index in [1.165, 1.54) is 21.1 Å². The fourth-order valence-corrected chi connectivity index (χ4v) is 5.47. The van der Waals surface area contributed by atoms with Crippen molar-refractivity contribution in [1.82, 2.24) is 14.0 Å². The normalized spacial score (nSPS) is 17.8. The molecule has 0 bridgehead atoms. The van der Waals surface area contributed by atoms with Crippen molar-refractivity contribution >= 4 is 27.6 Å². The number of carbonyl (C=O) groups is 1. The zero-order valence-corrected chi connectivity index (χ0v) is 20.8. The zero-order chi connectivity index (χ0) is 26.8. The Bertz CT molecular complexity index is 1210. The summed E-state index contributed by atoms with van der Waals surface area (Å²) < 4.78 is 52.8. The fraction of sp³-hybridized carbons (Fsp3) is 0.650.